The Balaban J connectivity index is 1.66. The Morgan fingerprint density at radius 1 is 0.971 bits per heavy atom. The fraction of sp³-hybridized carbons (Fsp3) is 0.900. The van der Waals surface area contributed by atoms with Gasteiger partial charge in [0.05, 0.1) is 17.3 Å². The van der Waals surface area contributed by atoms with Gasteiger partial charge in [0.1, 0.15) is 0 Å². The summed E-state index contributed by atoms with van der Waals surface area (Å²) >= 11 is 0. The van der Waals surface area contributed by atoms with E-state index in [1.54, 1.807) is 0 Å². The number of aliphatic hydroxyl groups is 1. The van der Waals surface area contributed by atoms with Crippen molar-refractivity contribution in [2.75, 3.05) is 0 Å². The molecule has 0 spiro atoms. The van der Waals surface area contributed by atoms with Crippen molar-refractivity contribution in [3.63, 3.8) is 0 Å². The first-order valence-corrected chi connectivity index (χ1v) is 13.9. The topological polar surface area (TPSA) is 66.8 Å². The van der Waals surface area contributed by atoms with Crippen LogP contribution >= 0.6 is 0 Å². The van der Waals surface area contributed by atoms with Crippen molar-refractivity contribution >= 4 is 5.97 Å². The van der Waals surface area contributed by atoms with E-state index in [0.717, 1.165) is 37.7 Å². The van der Waals surface area contributed by atoms with E-state index in [0.29, 0.717) is 24.2 Å². The Kier molecular flexibility index (Phi) is 6.42. The number of carboxylic acids is 1. The molecule has 0 aromatic rings. The zero-order valence-electron chi connectivity index (χ0n) is 22.9. The van der Waals surface area contributed by atoms with Crippen LogP contribution in [0, 0.1) is 39.9 Å². The minimum atomic E-state index is -0.798. The number of carbonyl (C=O) groups is 1. The van der Waals surface area contributed by atoms with Crippen LogP contribution in [-0.4, -0.2) is 33.5 Å². The third-order valence-electron chi connectivity index (χ3n) is 12.0. The first-order valence-electron chi connectivity index (χ1n) is 13.9. The lowest BCUT2D eigenvalue weighted by molar-refractivity contribution is -0.210. The van der Waals surface area contributed by atoms with Gasteiger partial charge in [0, 0.05) is 6.42 Å². The highest BCUT2D eigenvalue weighted by atomic mass is 16.5. The molecular formula is C30H50O4. The van der Waals surface area contributed by atoms with E-state index < -0.39 is 11.6 Å². The highest BCUT2D eigenvalue weighted by Crippen LogP contribution is 2.74. The minimum Gasteiger partial charge on any atom is -0.481 e. The summed E-state index contributed by atoms with van der Waals surface area (Å²) in [5.74, 6) is 1.07. The van der Waals surface area contributed by atoms with Crippen molar-refractivity contribution in [3.05, 3.63) is 12.2 Å². The van der Waals surface area contributed by atoms with Gasteiger partial charge in [-0.1, -0.05) is 32.9 Å². The van der Waals surface area contributed by atoms with Crippen molar-refractivity contribution in [2.24, 2.45) is 39.9 Å². The van der Waals surface area contributed by atoms with Crippen molar-refractivity contribution in [1.29, 1.82) is 0 Å². The van der Waals surface area contributed by atoms with Crippen molar-refractivity contribution in [1.82, 2.24) is 0 Å². The number of aliphatic carboxylic acids is 1. The maximum atomic E-state index is 11.6. The lowest BCUT2D eigenvalue weighted by atomic mass is 9.37. The fourth-order valence-corrected chi connectivity index (χ4v) is 10.2. The van der Waals surface area contributed by atoms with E-state index in [4.69, 9.17) is 4.74 Å². The monoisotopic (exact) mass is 474 g/mol. The predicted molar refractivity (Wildman–Crippen MR) is 136 cm³/mol. The van der Waals surface area contributed by atoms with Crippen LogP contribution in [0.3, 0.4) is 0 Å². The smallest absolute Gasteiger partial charge is 0.303 e. The Bertz CT molecular complexity index is 828. The second-order valence-electron chi connectivity index (χ2n) is 14.2. The quantitative estimate of drug-likeness (QED) is 0.407. The molecule has 4 fully saturated rings. The molecule has 1 saturated heterocycles. The molecule has 3 saturated carbocycles. The highest BCUT2D eigenvalue weighted by molar-refractivity contribution is 5.66. The Morgan fingerprint density at radius 3 is 2.18 bits per heavy atom. The summed E-state index contributed by atoms with van der Waals surface area (Å²) in [4.78, 5) is 11.6. The molecule has 1 aliphatic heterocycles. The first kappa shape index (κ1) is 26.2. The number of fused-ring (bicyclic) bond motifs is 3. The lowest BCUT2D eigenvalue weighted by Crippen LogP contribution is -2.62. The molecule has 4 nitrogen and oxygen atoms in total. The van der Waals surface area contributed by atoms with Crippen LogP contribution < -0.4 is 0 Å². The van der Waals surface area contributed by atoms with Gasteiger partial charge >= 0.3 is 5.97 Å². The van der Waals surface area contributed by atoms with Crippen LogP contribution in [-0.2, 0) is 9.53 Å². The maximum Gasteiger partial charge on any atom is 0.303 e. The van der Waals surface area contributed by atoms with Gasteiger partial charge in [-0.25, -0.2) is 0 Å². The molecule has 4 heteroatoms. The largest absolute Gasteiger partial charge is 0.481 e. The van der Waals surface area contributed by atoms with Gasteiger partial charge in [-0.3, -0.25) is 4.79 Å². The summed E-state index contributed by atoms with van der Waals surface area (Å²) in [6, 6.07) is 0. The van der Waals surface area contributed by atoms with Crippen LogP contribution in [0.5, 0.6) is 0 Å². The molecule has 0 bridgehead atoms. The number of hydrogen-bond acceptors (Lipinski definition) is 3. The van der Waals surface area contributed by atoms with Crippen molar-refractivity contribution in [3.8, 4) is 0 Å². The molecule has 3 aliphatic carbocycles. The molecule has 1 heterocycles. The van der Waals surface area contributed by atoms with E-state index in [2.05, 4.69) is 41.2 Å². The van der Waals surface area contributed by atoms with E-state index in [1.165, 1.54) is 19.3 Å². The van der Waals surface area contributed by atoms with Crippen molar-refractivity contribution in [2.45, 2.75) is 130 Å². The van der Waals surface area contributed by atoms with Gasteiger partial charge in [-0.15, -0.1) is 0 Å². The molecule has 34 heavy (non-hydrogen) atoms. The van der Waals surface area contributed by atoms with Gasteiger partial charge in [-0.05, 0) is 125 Å². The number of rotatable bonds is 6. The molecule has 0 aromatic heterocycles. The summed E-state index contributed by atoms with van der Waals surface area (Å²) in [5, 5.41) is 20.8. The molecule has 4 aliphatic rings. The van der Waals surface area contributed by atoms with Gasteiger partial charge in [0.15, 0.2) is 0 Å². The SMILES string of the molecule is C=C(C)C1CCC(C)(C2CCC3(C)C2CCC2C(C)(CCC(=O)O)C(C(C)(C)O)CCC23C)O1. The summed E-state index contributed by atoms with van der Waals surface area (Å²) in [7, 11) is 0. The van der Waals surface area contributed by atoms with Gasteiger partial charge in [0.2, 0.25) is 0 Å². The first-order chi connectivity index (χ1) is 15.6. The Labute approximate surface area is 207 Å². The zero-order valence-corrected chi connectivity index (χ0v) is 22.9. The molecule has 0 amide bonds. The summed E-state index contributed by atoms with van der Waals surface area (Å²) < 4.78 is 6.73. The molecule has 9 atom stereocenters. The van der Waals surface area contributed by atoms with Gasteiger partial charge in [-0.2, -0.15) is 0 Å². The molecule has 4 rings (SSSR count). The molecule has 9 unspecified atom stereocenters. The van der Waals surface area contributed by atoms with Gasteiger partial charge < -0.3 is 14.9 Å². The second kappa shape index (κ2) is 8.33. The normalized spacial score (nSPS) is 48.9. The molecule has 2 N–H and O–H groups in total. The van der Waals surface area contributed by atoms with E-state index >= 15 is 0 Å². The van der Waals surface area contributed by atoms with E-state index in [9.17, 15) is 15.0 Å². The zero-order chi connectivity index (χ0) is 25.3. The third kappa shape index (κ3) is 3.81. The second-order valence-corrected chi connectivity index (χ2v) is 14.2. The molecule has 0 radical (unpaired) electrons. The van der Waals surface area contributed by atoms with Crippen LogP contribution in [0.15, 0.2) is 12.2 Å². The average molecular weight is 475 g/mol. The molecule has 194 valence electrons. The number of hydrogen-bond donors (Lipinski definition) is 2. The predicted octanol–water partition coefficient (Wildman–Crippen LogP) is 7.00. The highest BCUT2D eigenvalue weighted by Gasteiger charge is 2.68. The summed E-state index contributed by atoms with van der Waals surface area (Å²) in [6.45, 7) is 19.9. The third-order valence-corrected chi connectivity index (χ3v) is 12.0. The maximum absolute atomic E-state index is 11.6. The minimum absolute atomic E-state index is 0.0634. The van der Waals surface area contributed by atoms with Gasteiger partial charge in [0.25, 0.3) is 0 Å². The van der Waals surface area contributed by atoms with E-state index in [-0.39, 0.29) is 40.3 Å². The standard InChI is InChI=1S/C30H50O4/c1-19(2)22-12-18-30(8,34-22)21-11-16-28(6)20(21)9-10-24-27(5,15-14-25(31)32)23(26(3,4)33)13-17-29(24,28)7/h20-24,33H,1,9-18H2,2-8H3,(H,31,32). The number of ether oxygens (including phenoxy) is 1. The fourth-order valence-electron chi connectivity index (χ4n) is 10.2. The average Bonchev–Trinajstić information content (AvgIpc) is 3.28. The Morgan fingerprint density at radius 2 is 1.62 bits per heavy atom. The van der Waals surface area contributed by atoms with Crippen LogP contribution in [0.4, 0.5) is 0 Å². The summed E-state index contributed by atoms with van der Waals surface area (Å²) in [5.41, 5.74) is 0.499. The molecular weight excluding hydrogens is 424 g/mol. The van der Waals surface area contributed by atoms with Crippen LogP contribution in [0.25, 0.3) is 0 Å². The lowest BCUT2D eigenvalue weighted by Gasteiger charge is -2.67. The van der Waals surface area contributed by atoms with Crippen LogP contribution in [0.1, 0.15) is 113 Å². The Hall–Kier alpha value is -0.870. The van der Waals surface area contributed by atoms with Crippen LogP contribution in [0.2, 0.25) is 0 Å². The van der Waals surface area contributed by atoms with E-state index in [1.807, 2.05) is 13.8 Å². The molecule has 0 aromatic carbocycles. The van der Waals surface area contributed by atoms with Crippen molar-refractivity contribution < 1.29 is 19.7 Å². The number of carboxylic acid groups (broad SMARTS) is 1. The summed E-state index contributed by atoms with van der Waals surface area (Å²) in [6.07, 6.45) is 10.1.